The Morgan fingerprint density at radius 2 is 1.95 bits per heavy atom. The Hall–Kier alpha value is -3.22. The van der Waals surface area contributed by atoms with E-state index in [0.29, 0.717) is 17.5 Å². The normalized spacial score (nSPS) is 11.1. The lowest BCUT2D eigenvalue weighted by Gasteiger charge is -2.05. The smallest absolute Gasteiger partial charge is 0.218 e. The van der Waals surface area contributed by atoms with E-state index in [0.717, 1.165) is 16.8 Å². The van der Waals surface area contributed by atoms with Gasteiger partial charge in [0.15, 0.2) is 11.6 Å². The molecule has 0 aromatic carbocycles. The summed E-state index contributed by atoms with van der Waals surface area (Å²) >= 11 is 0. The molecule has 0 aliphatic carbocycles. The molecule has 2 N–H and O–H groups in total. The first-order valence-electron chi connectivity index (χ1n) is 6.78. The van der Waals surface area contributed by atoms with Crippen molar-refractivity contribution in [3.63, 3.8) is 0 Å². The number of nitrogens with zero attached hydrogens (tertiary/aromatic N) is 6. The van der Waals surface area contributed by atoms with Crippen LogP contribution in [0, 0.1) is 0 Å². The van der Waals surface area contributed by atoms with E-state index < -0.39 is 0 Å². The van der Waals surface area contributed by atoms with Gasteiger partial charge in [-0.2, -0.15) is 0 Å². The SMILES string of the molecule is Cn1ccnc1-c1nc(N)c2c(-c3ccccn3)ccn2n1. The Morgan fingerprint density at radius 3 is 2.68 bits per heavy atom. The largest absolute Gasteiger partial charge is 0.382 e. The molecule has 4 aromatic heterocycles. The number of pyridine rings is 1. The van der Waals surface area contributed by atoms with Crippen LogP contribution in [0.4, 0.5) is 5.82 Å². The molecule has 108 valence electrons. The number of hydrogen-bond acceptors (Lipinski definition) is 5. The van der Waals surface area contributed by atoms with Crippen molar-refractivity contribution in [3.8, 4) is 22.9 Å². The number of anilines is 1. The van der Waals surface area contributed by atoms with Crippen LogP contribution in [0.25, 0.3) is 28.4 Å². The first-order chi connectivity index (χ1) is 10.7. The Morgan fingerprint density at radius 1 is 1.05 bits per heavy atom. The fourth-order valence-electron chi connectivity index (χ4n) is 2.46. The zero-order chi connectivity index (χ0) is 15.1. The van der Waals surface area contributed by atoms with Crippen molar-refractivity contribution in [1.29, 1.82) is 0 Å². The predicted octanol–water partition coefficient (Wildman–Crippen LogP) is 1.77. The molecule has 0 radical (unpaired) electrons. The molecule has 0 unspecified atom stereocenters. The summed E-state index contributed by atoms with van der Waals surface area (Å²) in [5.74, 6) is 1.56. The van der Waals surface area contributed by atoms with Gasteiger partial charge in [-0.3, -0.25) is 4.98 Å². The second kappa shape index (κ2) is 4.66. The molecular formula is C15H13N7. The summed E-state index contributed by atoms with van der Waals surface area (Å²) in [4.78, 5) is 13.0. The summed E-state index contributed by atoms with van der Waals surface area (Å²) in [5, 5.41) is 4.50. The molecule has 0 atom stereocenters. The van der Waals surface area contributed by atoms with Crippen LogP contribution in [0.15, 0.2) is 49.1 Å². The summed E-state index contributed by atoms with van der Waals surface area (Å²) in [6, 6.07) is 7.68. The van der Waals surface area contributed by atoms with E-state index in [1.807, 2.05) is 48.3 Å². The Balaban J connectivity index is 1.94. The van der Waals surface area contributed by atoms with Crippen LogP contribution < -0.4 is 5.73 Å². The van der Waals surface area contributed by atoms with E-state index in [2.05, 4.69) is 20.1 Å². The summed E-state index contributed by atoms with van der Waals surface area (Å²) < 4.78 is 3.57. The molecule has 4 rings (SSSR count). The van der Waals surface area contributed by atoms with E-state index in [1.165, 1.54) is 0 Å². The molecule has 7 heteroatoms. The first kappa shape index (κ1) is 12.5. The van der Waals surface area contributed by atoms with Gasteiger partial charge in [-0.15, -0.1) is 5.10 Å². The minimum Gasteiger partial charge on any atom is -0.382 e. The molecule has 22 heavy (non-hydrogen) atoms. The number of rotatable bonds is 2. The molecule has 0 saturated carbocycles. The highest BCUT2D eigenvalue weighted by molar-refractivity contribution is 5.86. The third-order valence-corrected chi connectivity index (χ3v) is 3.50. The molecule has 0 bridgehead atoms. The van der Waals surface area contributed by atoms with Crippen LogP contribution in [0.3, 0.4) is 0 Å². The summed E-state index contributed by atoms with van der Waals surface area (Å²) in [6.07, 6.45) is 7.14. The number of fused-ring (bicyclic) bond motifs is 1. The maximum atomic E-state index is 6.16. The minimum absolute atomic E-state index is 0.402. The van der Waals surface area contributed by atoms with Gasteiger partial charge < -0.3 is 10.3 Å². The van der Waals surface area contributed by atoms with Gasteiger partial charge in [-0.25, -0.2) is 14.5 Å². The van der Waals surface area contributed by atoms with Gasteiger partial charge in [0.25, 0.3) is 0 Å². The van der Waals surface area contributed by atoms with Crippen LogP contribution >= 0.6 is 0 Å². The highest BCUT2D eigenvalue weighted by Gasteiger charge is 2.15. The number of nitrogens with two attached hydrogens (primary N) is 1. The van der Waals surface area contributed by atoms with Gasteiger partial charge in [-0.1, -0.05) is 6.07 Å². The standard InChI is InChI=1S/C15H13N7/c1-21-9-7-18-15(21)14-19-13(16)12-10(5-8-22(12)20-14)11-4-2-3-6-17-11/h2-9H,1H3,(H2,16,19,20). The highest BCUT2D eigenvalue weighted by Crippen LogP contribution is 2.27. The zero-order valence-electron chi connectivity index (χ0n) is 11.9. The van der Waals surface area contributed by atoms with Gasteiger partial charge in [0.2, 0.25) is 5.82 Å². The quantitative estimate of drug-likeness (QED) is 0.608. The number of hydrogen-bond donors (Lipinski definition) is 1. The second-order valence-electron chi connectivity index (χ2n) is 4.92. The lowest BCUT2D eigenvalue weighted by atomic mass is 10.2. The molecule has 0 aliphatic heterocycles. The van der Waals surface area contributed by atoms with Gasteiger partial charge in [-0.05, 0) is 18.2 Å². The van der Waals surface area contributed by atoms with Crippen molar-refractivity contribution in [2.24, 2.45) is 7.05 Å². The molecule has 4 aromatic rings. The third-order valence-electron chi connectivity index (χ3n) is 3.50. The van der Waals surface area contributed by atoms with Crippen molar-refractivity contribution in [2.45, 2.75) is 0 Å². The Labute approximate surface area is 126 Å². The molecule has 0 amide bonds. The first-order valence-corrected chi connectivity index (χ1v) is 6.78. The molecular weight excluding hydrogens is 278 g/mol. The molecule has 4 heterocycles. The van der Waals surface area contributed by atoms with Crippen molar-refractivity contribution >= 4 is 11.3 Å². The number of aromatic nitrogens is 6. The minimum atomic E-state index is 0.402. The van der Waals surface area contributed by atoms with Crippen LogP contribution in [-0.4, -0.2) is 29.1 Å². The molecule has 0 saturated heterocycles. The maximum Gasteiger partial charge on any atom is 0.218 e. The number of aryl methyl sites for hydroxylation is 1. The third kappa shape index (κ3) is 1.83. The molecule has 0 spiro atoms. The van der Waals surface area contributed by atoms with Crippen LogP contribution in [0.1, 0.15) is 0 Å². The van der Waals surface area contributed by atoms with E-state index in [9.17, 15) is 0 Å². The highest BCUT2D eigenvalue weighted by atomic mass is 15.3. The van der Waals surface area contributed by atoms with Crippen molar-refractivity contribution in [2.75, 3.05) is 5.73 Å². The topological polar surface area (TPSA) is 86.9 Å². The Bertz CT molecular complexity index is 953. The van der Waals surface area contributed by atoms with E-state index in [4.69, 9.17) is 5.73 Å². The average molecular weight is 291 g/mol. The van der Waals surface area contributed by atoms with Gasteiger partial charge in [0.05, 0.1) is 5.69 Å². The zero-order valence-corrected chi connectivity index (χ0v) is 11.9. The van der Waals surface area contributed by atoms with Gasteiger partial charge in [0.1, 0.15) is 5.52 Å². The van der Waals surface area contributed by atoms with Crippen molar-refractivity contribution in [1.82, 2.24) is 29.1 Å². The number of nitrogen functional groups attached to an aromatic ring is 1. The van der Waals surface area contributed by atoms with Crippen molar-refractivity contribution < 1.29 is 0 Å². The van der Waals surface area contributed by atoms with E-state index in [-0.39, 0.29) is 0 Å². The monoisotopic (exact) mass is 291 g/mol. The van der Waals surface area contributed by atoms with Gasteiger partial charge in [0, 0.05) is 37.4 Å². The fourth-order valence-corrected chi connectivity index (χ4v) is 2.46. The lowest BCUT2D eigenvalue weighted by molar-refractivity contribution is 0.862. The molecule has 0 fully saturated rings. The average Bonchev–Trinajstić information content (AvgIpc) is 3.14. The lowest BCUT2D eigenvalue weighted by Crippen LogP contribution is -2.05. The van der Waals surface area contributed by atoms with Gasteiger partial charge >= 0.3 is 0 Å². The summed E-state index contributed by atoms with van der Waals surface area (Å²) in [5.41, 5.74) is 8.65. The second-order valence-corrected chi connectivity index (χ2v) is 4.92. The van der Waals surface area contributed by atoms with Crippen molar-refractivity contribution in [3.05, 3.63) is 49.1 Å². The number of imidazole rings is 1. The fraction of sp³-hybridized carbons (Fsp3) is 0.0667. The molecule has 7 nitrogen and oxygen atoms in total. The van der Waals surface area contributed by atoms with E-state index >= 15 is 0 Å². The van der Waals surface area contributed by atoms with Crippen LogP contribution in [-0.2, 0) is 7.05 Å². The van der Waals surface area contributed by atoms with Crippen LogP contribution in [0.2, 0.25) is 0 Å². The molecule has 0 aliphatic rings. The summed E-state index contributed by atoms with van der Waals surface area (Å²) in [6.45, 7) is 0. The van der Waals surface area contributed by atoms with E-state index in [1.54, 1.807) is 16.9 Å². The summed E-state index contributed by atoms with van der Waals surface area (Å²) in [7, 11) is 1.89. The predicted molar refractivity (Wildman–Crippen MR) is 82.8 cm³/mol. The maximum absolute atomic E-state index is 6.16. The Kier molecular flexibility index (Phi) is 2.65. The van der Waals surface area contributed by atoms with Crippen LogP contribution in [0.5, 0.6) is 0 Å².